The molecule has 0 amide bonds. The molecule has 0 aromatic heterocycles. The van der Waals surface area contributed by atoms with Crippen LogP contribution in [0.5, 0.6) is 11.5 Å². The Balaban J connectivity index is 1.94. The zero-order chi connectivity index (χ0) is 17.1. The Morgan fingerprint density at radius 3 is 2.29 bits per heavy atom. The number of hydrogen-bond donors (Lipinski definition) is 1. The van der Waals surface area contributed by atoms with Gasteiger partial charge in [0.1, 0.15) is 11.5 Å². The van der Waals surface area contributed by atoms with Gasteiger partial charge in [0.2, 0.25) is 0 Å². The molecule has 3 rings (SSSR count). The Bertz CT molecular complexity index is 942. The summed E-state index contributed by atoms with van der Waals surface area (Å²) in [6.45, 7) is 3.80. The minimum Gasteiger partial charge on any atom is -0.507 e. The minimum atomic E-state index is 0.204. The lowest BCUT2D eigenvalue weighted by atomic mass is 10.0. The predicted octanol–water partition coefficient (Wildman–Crippen LogP) is 6.13. The smallest absolute Gasteiger partial charge is 0.133 e. The lowest BCUT2D eigenvalue weighted by molar-refractivity contribution is 0.409. The zero-order valence-electron chi connectivity index (χ0n) is 13.3. The molecule has 0 heterocycles. The van der Waals surface area contributed by atoms with E-state index in [4.69, 9.17) is 4.74 Å². The average Bonchev–Trinajstić information content (AvgIpc) is 2.60. The molecule has 120 valence electrons. The van der Waals surface area contributed by atoms with E-state index in [1.165, 1.54) is 10.8 Å². The van der Waals surface area contributed by atoms with Crippen LogP contribution in [0.15, 0.2) is 59.6 Å². The van der Waals surface area contributed by atoms with E-state index < -0.39 is 0 Å². The van der Waals surface area contributed by atoms with E-state index in [2.05, 4.69) is 52.8 Å². The quantitative estimate of drug-likeness (QED) is 0.551. The molecule has 0 atom stereocenters. The van der Waals surface area contributed by atoms with Crippen LogP contribution in [0.1, 0.15) is 16.7 Å². The van der Waals surface area contributed by atoms with E-state index >= 15 is 0 Å². The van der Waals surface area contributed by atoms with Crippen molar-refractivity contribution >= 4 is 44.9 Å². The second kappa shape index (κ2) is 6.93. The molecule has 1 N–H and O–H groups in total. The molecule has 3 aromatic rings. The fraction of sp³-hybridized carbons (Fsp3) is 0.0476. The van der Waals surface area contributed by atoms with Crippen LogP contribution in [-0.2, 0) is 0 Å². The van der Waals surface area contributed by atoms with Crippen molar-refractivity contribution in [3.05, 3.63) is 76.3 Å². The van der Waals surface area contributed by atoms with Gasteiger partial charge in [-0.15, -0.1) is 0 Å². The molecule has 3 heteroatoms. The first-order chi connectivity index (χ1) is 11.6. The van der Waals surface area contributed by atoms with E-state index in [1.807, 2.05) is 24.3 Å². The number of phenols is 1. The standard InChI is InChI=1S/C21H17BrO2/c1-3-14-4-7-17-11-15(5-8-16(17)10-14)6-9-18-12-21(24-2)19(22)13-20(18)23/h3-13,23H,1H2,2H3/b9-6+. The summed E-state index contributed by atoms with van der Waals surface area (Å²) in [5, 5.41) is 12.4. The maximum atomic E-state index is 10.1. The van der Waals surface area contributed by atoms with E-state index in [-0.39, 0.29) is 5.75 Å². The zero-order valence-corrected chi connectivity index (χ0v) is 14.9. The first-order valence-corrected chi connectivity index (χ1v) is 8.31. The summed E-state index contributed by atoms with van der Waals surface area (Å²) in [4.78, 5) is 0. The van der Waals surface area contributed by atoms with Crippen molar-refractivity contribution < 1.29 is 9.84 Å². The van der Waals surface area contributed by atoms with Gasteiger partial charge in [-0.3, -0.25) is 0 Å². The van der Waals surface area contributed by atoms with Gasteiger partial charge in [0.05, 0.1) is 11.6 Å². The van der Waals surface area contributed by atoms with Crippen LogP contribution in [0.2, 0.25) is 0 Å². The Hall–Kier alpha value is -2.52. The molecular formula is C21H17BrO2. The van der Waals surface area contributed by atoms with Crippen molar-refractivity contribution in [2.75, 3.05) is 7.11 Å². The topological polar surface area (TPSA) is 29.5 Å². The van der Waals surface area contributed by atoms with E-state index in [0.29, 0.717) is 11.3 Å². The van der Waals surface area contributed by atoms with E-state index in [0.717, 1.165) is 15.6 Å². The Morgan fingerprint density at radius 2 is 1.62 bits per heavy atom. The number of benzene rings is 3. The first-order valence-electron chi connectivity index (χ1n) is 7.51. The Labute approximate surface area is 149 Å². The summed E-state index contributed by atoms with van der Waals surface area (Å²) in [5.41, 5.74) is 2.88. The van der Waals surface area contributed by atoms with Crippen LogP contribution in [0.25, 0.3) is 29.0 Å². The third kappa shape index (κ3) is 3.36. The lowest BCUT2D eigenvalue weighted by Gasteiger charge is -2.06. The highest BCUT2D eigenvalue weighted by Crippen LogP contribution is 2.33. The molecule has 0 spiro atoms. The Kier molecular flexibility index (Phi) is 4.72. The molecule has 0 bridgehead atoms. The third-order valence-corrected chi connectivity index (χ3v) is 4.50. The van der Waals surface area contributed by atoms with E-state index in [9.17, 15) is 5.11 Å². The van der Waals surface area contributed by atoms with E-state index in [1.54, 1.807) is 19.2 Å². The number of rotatable bonds is 4. The van der Waals surface area contributed by atoms with Crippen LogP contribution in [-0.4, -0.2) is 12.2 Å². The molecule has 0 aliphatic rings. The molecular weight excluding hydrogens is 364 g/mol. The summed E-state index contributed by atoms with van der Waals surface area (Å²) >= 11 is 3.36. The highest BCUT2D eigenvalue weighted by Gasteiger charge is 2.06. The number of methoxy groups -OCH3 is 1. The van der Waals surface area contributed by atoms with Crippen LogP contribution in [0, 0.1) is 0 Å². The van der Waals surface area contributed by atoms with Crippen LogP contribution < -0.4 is 4.74 Å². The van der Waals surface area contributed by atoms with Gasteiger partial charge in [-0.25, -0.2) is 0 Å². The summed E-state index contributed by atoms with van der Waals surface area (Å²) in [5.74, 6) is 0.887. The van der Waals surface area contributed by atoms with Crippen LogP contribution >= 0.6 is 15.9 Å². The second-order valence-electron chi connectivity index (χ2n) is 5.45. The fourth-order valence-corrected chi connectivity index (χ4v) is 3.04. The van der Waals surface area contributed by atoms with Crippen molar-refractivity contribution in [3.63, 3.8) is 0 Å². The summed E-state index contributed by atoms with van der Waals surface area (Å²) < 4.78 is 6.00. The fourth-order valence-electron chi connectivity index (χ4n) is 2.55. The maximum absolute atomic E-state index is 10.1. The Morgan fingerprint density at radius 1 is 0.958 bits per heavy atom. The molecule has 24 heavy (non-hydrogen) atoms. The van der Waals surface area contributed by atoms with Crippen molar-refractivity contribution in [1.82, 2.24) is 0 Å². The van der Waals surface area contributed by atoms with Crippen LogP contribution in [0.4, 0.5) is 0 Å². The number of fused-ring (bicyclic) bond motifs is 1. The average molecular weight is 381 g/mol. The largest absolute Gasteiger partial charge is 0.507 e. The van der Waals surface area contributed by atoms with Gasteiger partial charge in [0.25, 0.3) is 0 Å². The molecule has 0 aliphatic heterocycles. The molecule has 0 saturated carbocycles. The molecule has 0 saturated heterocycles. The monoisotopic (exact) mass is 380 g/mol. The number of halogens is 1. The molecule has 2 nitrogen and oxygen atoms in total. The second-order valence-corrected chi connectivity index (χ2v) is 6.30. The summed E-state index contributed by atoms with van der Waals surface area (Å²) in [6.07, 6.45) is 5.70. The van der Waals surface area contributed by atoms with Gasteiger partial charge in [-0.1, -0.05) is 49.1 Å². The van der Waals surface area contributed by atoms with Gasteiger partial charge in [0.15, 0.2) is 0 Å². The normalized spacial score (nSPS) is 11.1. The van der Waals surface area contributed by atoms with Crippen molar-refractivity contribution in [2.24, 2.45) is 0 Å². The number of hydrogen-bond acceptors (Lipinski definition) is 2. The van der Waals surface area contributed by atoms with Crippen molar-refractivity contribution in [3.8, 4) is 11.5 Å². The number of ether oxygens (including phenoxy) is 1. The lowest BCUT2D eigenvalue weighted by Crippen LogP contribution is -1.86. The molecule has 0 unspecified atom stereocenters. The van der Waals surface area contributed by atoms with Gasteiger partial charge >= 0.3 is 0 Å². The summed E-state index contributed by atoms with van der Waals surface area (Å²) in [7, 11) is 1.60. The van der Waals surface area contributed by atoms with Gasteiger partial charge in [0, 0.05) is 5.56 Å². The molecule has 0 radical (unpaired) electrons. The molecule has 0 fully saturated rings. The third-order valence-electron chi connectivity index (χ3n) is 3.88. The summed E-state index contributed by atoms with van der Waals surface area (Å²) in [6, 6.07) is 15.9. The van der Waals surface area contributed by atoms with Crippen LogP contribution in [0.3, 0.4) is 0 Å². The number of aromatic hydroxyl groups is 1. The maximum Gasteiger partial charge on any atom is 0.133 e. The minimum absolute atomic E-state index is 0.204. The highest BCUT2D eigenvalue weighted by atomic mass is 79.9. The molecule has 0 aliphatic carbocycles. The molecule has 3 aromatic carbocycles. The van der Waals surface area contributed by atoms with Gasteiger partial charge in [-0.05, 0) is 62.1 Å². The highest BCUT2D eigenvalue weighted by molar-refractivity contribution is 9.10. The first kappa shape index (κ1) is 16.3. The van der Waals surface area contributed by atoms with Gasteiger partial charge < -0.3 is 9.84 Å². The van der Waals surface area contributed by atoms with Crippen molar-refractivity contribution in [2.45, 2.75) is 0 Å². The number of phenolic OH excluding ortho intramolecular Hbond substituents is 1. The predicted molar refractivity (Wildman–Crippen MR) is 105 cm³/mol. The SMILES string of the molecule is C=Cc1ccc2cc(/C=C/c3cc(OC)c(Br)cc3O)ccc2c1. The van der Waals surface area contributed by atoms with Crippen molar-refractivity contribution in [1.29, 1.82) is 0 Å². The van der Waals surface area contributed by atoms with Gasteiger partial charge in [-0.2, -0.15) is 0 Å².